The van der Waals surface area contributed by atoms with E-state index in [9.17, 15) is 13.2 Å². The summed E-state index contributed by atoms with van der Waals surface area (Å²) >= 11 is 0. The van der Waals surface area contributed by atoms with Gasteiger partial charge in [0.15, 0.2) is 5.65 Å². The van der Waals surface area contributed by atoms with Crippen LogP contribution >= 0.6 is 0 Å². The molecule has 0 spiro atoms. The van der Waals surface area contributed by atoms with Crippen LogP contribution in [0.1, 0.15) is 22.5 Å². The van der Waals surface area contributed by atoms with Gasteiger partial charge in [-0.15, -0.1) is 15.3 Å². The lowest BCUT2D eigenvalue weighted by Crippen LogP contribution is -2.16. The first-order chi connectivity index (χ1) is 17.0. The molecule has 2 heterocycles. The molecular formula is C26H22F3N5O. The summed E-state index contributed by atoms with van der Waals surface area (Å²) in [6.45, 7) is 1.70. The van der Waals surface area contributed by atoms with E-state index in [2.05, 4.69) is 32.7 Å². The molecule has 35 heavy (non-hydrogen) atoms. The molecule has 0 amide bonds. The summed E-state index contributed by atoms with van der Waals surface area (Å²) in [5.74, 6) is -1.10. The Hall–Kier alpha value is -3.98. The Balaban J connectivity index is 1.31. The van der Waals surface area contributed by atoms with Crippen molar-refractivity contribution in [2.24, 2.45) is 0 Å². The maximum atomic E-state index is 13.4. The zero-order chi connectivity index (χ0) is 24.3. The first-order valence-corrected chi connectivity index (χ1v) is 11.2. The molecule has 0 unspecified atom stereocenters. The number of halogens is 3. The average molecular weight is 477 g/mol. The summed E-state index contributed by atoms with van der Waals surface area (Å²) in [6, 6.07) is 25.1. The molecule has 2 aromatic heterocycles. The van der Waals surface area contributed by atoms with Crippen LogP contribution in [0.4, 0.5) is 13.2 Å². The van der Waals surface area contributed by atoms with Crippen molar-refractivity contribution in [2.45, 2.75) is 25.7 Å². The highest BCUT2D eigenvalue weighted by atomic mass is 19.4. The van der Waals surface area contributed by atoms with Gasteiger partial charge >= 0.3 is 6.18 Å². The van der Waals surface area contributed by atoms with E-state index in [0.29, 0.717) is 21.8 Å². The molecule has 0 aliphatic rings. The Morgan fingerprint density at radius 3 is 2.31 bits per heavy atom. The fourth-order valence-corrected chi connectivity index (χ4v) is 3.93. The number of alkyl halides is 3. The minimum absolute atomic E-state index is 0.0313. The second kappa shape index (κ2) is 9.71. The summed E-state index contributed by atoms with van der Waals surface area (Å²) < 4.78 is 46.8. The van der Waals surface area contributed by atoms with Gasteiger partial charge in [-0.1, -0.05) is 72.8 Å². The minimum Gasteiger partial charge on any atom is -0.471 e. The zero-order valence-electron chi connectivity index (χ0n) is 18.7. The van der Waals surface area contributed by atoms with Gasteiger partial charge < -0.3 is 10.1 Å². The van der Waals surface area contributed by atoms with Crippen molar-refractivity contribution in [3.05, 3.63) is 101 Å². The Bertz CT molecular complexity index is 1450. The number of hydrogen-bond donors (Lipinski definition) is 1. The van der Waals surface area contributed by atoms with E-state index < -0.39 is 12.0 Å². The van der Waals surface area contributed by atoms with Crippen LogP contribution in [-0.2, 0) is 25.7 Å². The molecule has 9 heteroatoms. The van der Waals surface area contributed by atoms with E-state index in [0.717, 1.165) is 24.1 Å². The molecule has 5 rings (SSSR count). The molecule has 6 nitrogen and oxygen atoms in total. The molecule has 0 radical (unpaired) electrons. The molecule has 178 valence electrons. The third kappa shape index (κ3) is 5.09. The van der Waals surface area contributed by atoms with Gasteiger partial charge in [0.05, 0.1) is 0 Å². The molecule has 0 saturated carbocycles. The van der Waals surface area contributed by atoms with E-state index in [1.165, 1.54) is 5.56 Å². The highest BCUT2D eigenvalue weighted by Gasteiger charge is 2.38. The number of fused-ring (bicyclic) bond motifs is 3. The zero-order valence-corrected chi connectivity index (χ0v) is 18.7. The number of hydrogen-bond acceptors (Lipinski definition) is 5. The Kier molecular flexibility index (Phi) is 6.33. The van der Waals surface area contributed by atoms with Gasteiger partial charge in [0.25, 0.3) is 5.82 Å². The largest absolute Gasteiger partial charge is 0.471 e. The van der Waals surface area contributed by atoms with E-state index in [1.807, 2.05) is 42.5 Å². The number of ether oxygens (including phenoxy) is 1. The molecule has 5 aromatic rings. The molecule has 0 atom stereocenters. The second-order valence-electron chi connectivity index (χ2n) is 8.13. The summed E-state index contributed by atoms with van der Waals surface area (Å²) in [4.78, 5) is 0. The Morgan fingerprint density at radius 2 is 1.51 bits per heavy atom. The van der Waals surface area contributed by atoms with Crippen molar-refractivity contribution in [2.75, 3.05) is 6.54 Å². The van der Waals surface area contributed by atoms with E-state index >= 15 is 0 Å². The normalized spacial score (nSPS) is 11.9. The third-order valence-corrected chi connectivity index (χ3v) is 5.61. The number of aromatic nitrogens is 4. The lowest BCUT2D eigenvalue weighted by Gasteiger charge is -2.11. The topological polar surface area (TPSA) is 64.3 Å². The SMILES string of the molecule is FC(F)(F)c1nnc2c3ccccc3c(OCc3cccc(CNCCc4ccccc4)c3)nn12. The highest BCUT2D eigenvalue weighted by molar-refractivity contribution is 5.96. The fraction of sp³-hybridized carbons (Fsp3) is 0.192. The second-order valence-corrected chi connectivity index (χ2v) is 8.13. The minimum atomic E-state index is -4.69. The summed E-state index contributed by atoms with van der Waals surface area (Å²) in [5.41, 5.74) is 3.29. The number of rotatable bonds is 8. The average Bonchev–Trinajstić information content (AvgIpc) is 3.31. The van der Waals surface area contributed by atoms with Gasteiger partial charge in [0.1, 0.15) is 6.61 Å². The van der Waals surface area contributed by atoms with Crippen LogP contribution in [0.5, 0.6) is 5.88 Å². The first-order valence-electron chi connectivity index (χ1n) is 11.2. The Morgan fingerprint density at radius 1 is 0.800 bits per heavy atom. The lowest BCUT2D eigenvalue weighted by atomic mass is 10.1. The predicted octanol–water partition coefficient (Wildman–Crippen LogP) is 5.21. The van der Waals surface area contributed by atoms with Gasteiger partial charge in [0, 0.05) is 17.3 Å². The Labute approximate surface area is 199 Å². The van der Waals surface area contributed by atoms with Crippen LogP contribution in [0.3, 0.4) is 0 Å². The van der Waals surface area contributed by atoms with Crippen LogP contribution in [0.25, 0.3) is 16.4 Å². The van der Waals surface area contributed by atoms with Crippen molar-refractivity contribution in [3.8, 4) is 5.88 Å². The molecule has 0 bridgehead atoms. The van der Waals surface area contributed by atoms with E-state index in [1.54, 1.807) is 24.3 Å². The van der Waals surface area contributed by atoms with Crippen molar-refractivity contribution in [3.63, 3.8) is 0 Å². The molecule has 0 saturated heterocycles. The smallest absolute Gasteiger partial charge is 0.453 e. The van der Waals surface area contributed by atoms with Gasteiger partial charge in [0.2, 0.25) is 5.88 Å². The standard InChI is InChI=1S/C26H22F3N5O/c27-26(28,29)25-32-31-23-21-11-4-5-12-22(21)24(33-34(23)25)35-17-20-10-6-9-19(15-20)16-30-14-13-18-7-2-1-3-8-18/h1-12,15,30H,13-14,16-17H2. The summed E-state index contributed by atoms with van der Waals surface area (Å²) in [6.07, 6.45) is -3.75. The van der Waals surface area contributed by atoms with Gasteiger partial charge in [-0.2, -0.15) is 17.7 Å². The first kappa shape index (κ1) is 22.8. The molecule has 0 aliphatic carbocycles. The van der Waals surface area contributed by atoms with Crippen molar-refractivity contribution in [1.29, 1.82) is 0 Å². The summed E-state index contributed by atoms with van der Waals surface area (Å²) in [5, 5.41) is 15.6. The number of nitrogens with one attached hydrogen (secondary N) is 1. The lowest BCUT2D eigenvalue weighted by molar-refractivity contribution is -0.146. The van der Waals surface area contributed by atoms with Gasteiger partial charge in [-0.25, -0.2) is 0 Å². The molecule has 0 aliphatic heterocycles. The van der Waals surface area contributed by atoms with Crippen LogP contribution in [0.15, 0.2) is 78.9 Å². The predicted molar refractivity (Wildman–Crippen MR) is 126 cm³/mol. The van der Waals surface area contributed by atoms with Crippen molar-refractivity contribution < 1.29 is 17.9 Å². The van der Waals surface area contributed by atoms with Gasteiger partial charge in [-0.05, 0) is 35.7 Å². The van der Waals surface area contributed by atoms with E-state index in [4.69, 9.17) is 4.74 Å². The van der Waals surface area contributed by atoms with Crippen LogP contribution in [0, 0.1) is 0 Å². The number of benzene rings is 3. The molecular weight excluding hydrogens is 455 g/mol. The van der Waals surface area contributed by atoms with Crippen LogP contribution in [0.2, 0.25) is 0 Å². The van der Waals surface area contributed by atoms with Crippen molar-refractivity contribution >= 4 is 16.4 Å². The van der Waals surface area contributed by atoms with Crippen LogP contribution in [-0.4, -0.2) is 26.4 Å². The molecule has 0 fully saturated rings. The van der Waals surface area contributed by atoms with Gasteiger partial charge in [-0.3, -0.25) is 0 Å². The maximum absolute atomic E-state index is 13.4. The highest BCUT2D eigenvalue weighted by Crippen LogP contribution is 2.32. The fourth-order valence-electron chi connectivity index (χ4n) is 3.93. The molecule has 1 N–H and O–H groups in total. The maximum Gasteiger partial charge on any atom is 0.453 e. The van der Waals surface area contributed by atoms with Crippen molar-refractivity contribution in [1.82, 2.24) is 25.1 Å². The van der Waals surface area contributed by atoms with Crippen LogP contribution < -0.4 is 10.1 Å². The number of nitrogens with zero attached hydrogens (tertiary/aromatic N) is 4. The monoisotopic (exact) mass is 477 g/mol. The molecule has 3 aromatic carbocycles. The van der Waals surface area contributed by atoms with E-state index in [-0.39, 0.29) is 18.1 Å². The third-order valence-electron chi connectivity index (χ3n) is 5.61. The quantitative estimate of drug-likeness (QED) is 0.311. The summed E-state index contributed by atoms with van der Waals surface area (Å²) in [7, 11) is 0.